The van der Waals surface area contributed by atoms with Gasteiger partial charge in [-0.05, 0) is 24.4 Å². The topological polar surface area (TPSA) is 63.2 Å². The van der Waals surface area contributed by atoms with Crippen molar-refractivity contribution in [1.29, 1.82) is 0 Å². The number of carbonyl (C=O) groups is 1. The van der Waals surface area contributed by atoms with E-state index in [-0.39, 0.29) is 17.4 Å². The molecule has 0 fully saturated rings. The van der Waals surface area contributed by atoms with Crippen LogP contribution in [0.25, 0.3) is 10.1 Å². The van der Waals surface area contributed by atoms with Crippen molar-refractivity contribution in [1.82, 2.24) is 5.32 Å². The Bertz CT molecular complexity index is 686. The van der Waals surface area contributed by atoms with E-state index in [1.54, 1.807) is 13.8 Å². The molecule has 2 aromatic rings. The fraction of sp³-hybridized carbons (Fsp3) is 0.357. The number of sulfone groups is 1. The molecule has 0 aliphatic rings. The maximum atomic E-state index is 12.1. The minimum absolute atomic E-state index is 0.0276. The molecule has 0 saturated heterocycles. The summed E-state index contributed by atoms with van der Waals surface area (Å²) in [6.07, 6.45) is 0. The number of benzene rings is 1. The second kappa shape index (κ2) is 5.93. The van der Waals surface area contributed by atoms with Crippen molar-refractivity contribution in [2.45, 2.75) is 19.9 Å². The first kappa shape index (κ1) is 15.0. The SMILES string of the molecule is CCS(=O)(=O)C[C@@H](C)NC(=O)c1cc2ccccc2s1. The molecule has 1 atom stereocenters. The molecule has 0 unspecified atom stereocenters. The molecule has 20 heavy (non-hydrogen) atoms. The van der Waals surface area contributed by atoms with Crippen molar-refractivity contribution in [2.75, 3.05) is 11.5 Å². The monoisotopic (exact) mass is 311 g/mol. The molecule has 0 aliphatic carbocycles. The van der Waals surface area contributed by atoms with Crippen LogP contribution in [0.5, 0.6) is 0 Å². The van der Waals surface area contributed by atoms with Crippen LogP contribution >= 0.6 is 11.3 Å². The molecule has 4 nitrogen and oxygen atoms in total. The van der Waals surface area contributed by atoms with Gasteiger partial charge in [-0.25, -0.2) is 8.42 Å². The lowest BCUT2D eigenvalue weighted by molar-refractivity contribution is 0.0948. The van der Waals surface area contributed by atoms with E-state index in [0.717, 1.165) is 10.1 Å². The minimum Gasteiger partial charge on any atom is -0.348 e. The molecule has 108 valence electrons. The largest absolute Gasteiger partial charge is 0.348 e. The molecule has 0 saturated carbocycles. The van der Waals surface area contributed by atoms with Crippen LogP contribution < -0.4 is 5.32 Å². The third-order valence-electron chi connectivity index (χ3n) is 2.97. The highest BCUT2D eigenvalue weighted by atomic mass is 32.2. The van der Waals surface area contributed by atoms with Gasteiger partial charge in [-0.2, -0.15) is 0 Å². The van der Waals surface area contributed by atoms with Gasteiger partial charge in [-0.3, -0.25) is 4.79 Å². The van der Waals surface area contributed by atoms with Crippen LogP contribution in [0.15, 0.2) is 30.3 Å². The predicted molar refractivity (Wildman–Crippen MR) is 83.1 cm³/mol. The number of hydrogen-bond acceptors (Lipinski definition) is 4. The van der Waals surface area contributed by atoms with Gasteiger partial charge in [0, 0.05) is 16.5 Å². The Morgan fingerprint density at radius 3 is 2.70 bits per heavy atom. The highest BCUT2D eigenvalue weighted by molar-refractivity contribution is 7.91. The fourth-order valence-corrected chi connectivity index (χ4v) is 3.98. The van der Waals surface area contributed by atoms with Crippen LogP contribution in [0.4, 0.5) is 0 Å². The Labute approximate surface area is 122 Å². The molecule has 0 spiro atoms. The summed E-state index contributed by atoms with van der Waals surface area (Å²) in [5.74, 6) is -0.152. The van der Waals surface area contributed by atoms with Gasteiger partial charge in [0.2, 0.25) is 0 Å². The van der Waals surface area contributed by atoms with E-state index in [1.165, 1.54) is 11.3 Å². The highest BCUT2D eigenvalue weighted by Gasteiger charge is 2.17. The molecule has 1 aromatic carbocycles. The van der Waals surface area contributed by atoms with Gasteiger partial charge >= 0.3 is 0 Å². The number of rotatable bonds is 5. The smallest absolute Gasteiger partial charge is 0.261 e. The molecule has 0 bridgehead atoms. The summed E-state index contributed by atoms with van der Waals surface area (Å²) < 4.78 is 24.1. The standard InChI is InChI=1S/C14H17NO3S2/c1-3-20(17,18)9-10(2)15-14(16)13-8-11-6-4-5-7-12(11)19-13/h4-8,10H,3,9H2,1-2H3,(H,15,16)/t10-/m1/s1. The van der Waals surface area contributed by atoms with Crippen LogP contribution in [-0.4, -0.2) is 31.9 Å². The summed E-state index contributed by atoms with van der Waals surface area (Å²) >= 11 is 1.41. The van der Waals surface area contributed by atoms with Gasteiger partial charge < -0.3 is 5.32 Å². The quantitative estimate of drug-likeness (QED) is 0.922. The summed E-state index contributed by atoms with van der Waals surface area (Å²) in [5.41, 5.74) is 0. The van der Waals surface area contributed by atoms with Crippen LogP contribution in [0, 0.1) is 0 Å². The first-order valence-electron chi connectivity index (χ1n) is 6.41. The van der Waals surface area contributed by atoms with Crippen LogP contribution in [0.3, 0.4) is 0 Å². The molecular weight excluding hydrogens is 294 g/mol. The Morgan fingerprint density at radius 2 is 2.05 bits per heavy atom. The van der Waals surface area contributed by atoms with Crippen LogP contribution in [0.1, 0.15) is 23.5 Å². The Balaban J connectivity index is 2.08. The number of carbonyl (C=O) groups excluding carboxylic acids is 1. The first-order chi connectivity index (χ1) is 9.41. The van der Waals surface area contributed by atoms with Crippen molar-refractivity contribution < 1.29 is 13.2 Å². The molecule has 1 N–H and O–H groups in total. The zero-order valence-electron chi connectivity index (χ0n) is 11.4. The van der Waals surface area contributed by atoms with Crippen LogP contribution in [-0.2, 0) is 9.84 Å². The van der Waals surface area contributed by atoms with E-state index in [4.69, 9.17) is 0 Å². The normalized spacial score (nSPS) is 13.3. The lowest BCUT2D eigenvalue weighted by Gasteiger charge is -2.12. The molecule has 1 amide bonds. The Hall–Kier alpha value is -1.40. The first-order valence-corrected chi connectivity index (χ1v) is 9.05. The van der Waals surface area contributed by atoms with Gasteiger partial charge in [-0.1, -0.05) is 25.1 Å². The van der Waals surface area contributed by atoms with E-state index in [1.807, 2.05) is 30.3 Å². The summed E-state index contributed by atoms with van der Waals surface area (Å²) in [7, 11) is -3.08. The summed E-state index contributed by atoms with van der Waals surface area (Å²) in [6.45, 7) is 3.31. The van der Waals surface area contributed by atoms with E-state index in [9.17, 15) is 13.2 Å². The second-order valence-electron chi connectivity index (χ2n) is 4.72. The highest BCUT2D eigenvalue weighted by Crippen LogP contribution is 2.25. The van der Waals surface area contributed by atoms with Crippen LogP contribution in [0.2, 0.25) is 0 Å². The van der Waals surface area contributed by atoms with Gasteiger partial charge in [0.25, 0.3) is 5.91 Å². The number of nitrogens with one attached hydrogen (secondary N) is 1. The van der Waals surface area contributed by atoms with E-state index in [2.05, 4.69) is 5.32 Å². The summed E-state index contributed by atoms with van der Waals surface area (Å²) in [5, 5.41) is 3.76. The third-order valence-corrected chi connectivity index (χ3v) is 5.97. The average molecular weight is 311 g/mol. The van der Waals surface area contributed by atoms with E-state index >= 15 is 0 Å². The number of amides is 1. The maximum Gasteiger partial charge on any atom is 0.261 e. The molecular formula is C14H17NO3S2. The molecule has 1 aromatic heterocycles. The third kappa shape index (κ3) is 3.58. The molecule has 0 radical (unpaired) electrons. The van der Waals surface area contributed by atoms with Crippen molar-refractivity contribution in [3.8, 4) is 0 Å². The molecule has 2 rings (SSSR count). The van der Waals surface area contributed by atoms with Crippen molar-refractivity contribution >= 4 is 37.2 Å². The van der Waals surface area contributed by atoms with Crippen molar-refractivity contribution in [3.63, 3.8) is 0 Å². The van der Waals surface area contributed by atoms with E-state index < -0.39 is 15.9 Å². The lowest BCUT2D eigenvalue weighted by atomic mass is 10.2. The van der Waals surface area contributed by atoms with Gasteiger partial charge in [-0.15, -0.1) is 11.3 Å². The lowest BCUT2D eigenvalue weighted by Crippen LogP contribution is -2.37. The fourth-order valence-electron chi connectivity index (χ4n) is 1.93. The Kier molecular flexibility index (Phi) is 4.45. The number of thiophene rings is 1. The summed E-state index contributed by atoms with van der Waals surface area (Å²) in [6, 6.07) is 9.20. The zero-order chi connectivity index (χ0) is 14.8. The van der Waals surface area contributed by atoms with Gasteiger partial charge in [0.1, 0.15) is 0 Å². The summed E-state index contributed by atoms with van der Waals surface area (Å²) in [4.78, 5) is 12.7. The number of hydrogen-bond donors (Lipinski definition) is 1. The van der Waals surface area contributed by atoms with Gasteiger partial charge in [0.15, 0.2) is 9.84 Å². The molecule has 1 heterocycles. The zero-order valence-corrected chi connectivity index (χ0v) is 13.1. The van der Waals surface area contributed by atoms with Crippen molar-refractivity contribution in [2.24, 2.45) is 0 Å². The minimum atomic E-state index is -3.08. The van der Waals surface area contributed by atoms with E-state index in [0.29, 0.717) is 4.88 Å². The maximum absolute atomic E-state index is 12.1. The Morgan fingerprint density at radius 1 is 1.35 bits per heavy atom. The molecule has 0 aliphatic heterocycles. The van der Waals surface area contributed by atoms with Gasteiger partial charge in [0.05, 0.1) is 10.6 Å². The predicted octanol–water partition coefficient (Wildman–Crippen LogP) is 2.45. The second-order valence-corrected chi connectivity index (χ2v) is 8.20. The average Bonchev–Trinajstić information content (AvgIpc) is 2.81. The molecule has 6 heteroatoms. The number of fused-ring (bicyclic) bond motifs is 1. The van der Waals surface area contributed by atoms with Crippen molar-refractivity contribution in [3.05, 3.63) is 35.2 Å².